The van der Waals surface area contributed by atoms with E-state index >= 15 is 0 Å². The van der Waals surface area contributed by atoms with Gasteiger partial charge in [0.15, 0.2) is 0 Å². The molecule has 0 bridgehead atoms. The van der Waals surface area contributed by atoms with Gasteiger partial charge in [-0.05, 0) is 31.1 Å². The quantitative estimate of drug-likeness (QED) is 0.717. The summed E-state index contributed by atoms with van der Waals surface area (Å²) in [4.78, 5) is 14.1. The summed E-state index contributed by atoms with van der Waals surface area (Å²) in [5.41, 5.74) is 6.17. The fourth-order valence-corrected chi connectivity index (χ4v) is 3.60. The normalized spacial score (nSPS) is 39.7. The molecule has 3 fully saturated rings. The number of nitrogens with two attached hydrogens (primary N) is 1. The maximum atomic E-state index is 12.2. The van der Waals surface area contributed by atoms with Gasteiger partial charge in [0.1, 0.15) is 0 Å². The van der Waals surface area contributed by atoms with Crippen molar-refractivity contribution in [3.8, 4) is 0 Å². The first-order chi connectivity index (χ1) is 8.74. The van der Waals surface area contributed by atoms with Crippen LogP contribution in [0.15, 0.2) is 0 Å². The van der Waals surface area contributed by atoms with Gasteiger partial charge in [0.25, 0.3) is 0 Å². The number of amides is 2. The highest BCUT2D eigenvalue weighted by molar-refractivity contribution is 5.75. The van der Waals surface area contributed by atoms with E-state index in [9.17, 15) is 4.79 Å². The van der Waals surface area contributed by atoms with Gasteiger partial charge in [-0.2, -0.15) is 0 Å². The van der Waals surface area contributed by atoms with Crippen molar-refractivity contribution in [2.24, 2.45) is 17.6 Å². The van der Waals surface area contributed by atoms with E-state index in [2.05, 4.69) is 5.32 Å². The maximum absolute atomic E-state index is 12.2. The average Bonchev–Trinajstić information content (AvgIpc) is 2.97. The monoisotopic (exact) mass is 253 g/mol. The molecule has 0 aromatic carbocycles. The molecule has 18 heavy (non-hydrogen) atoms. The highest BCUT2D eigenvalue weighted by Gasteiger charge is 2.40. The number of likely N-dealkylation sites (tertiary alicyclic amines) is 1. The van der Waals surface area contributed by atoms with Gasteiger partial charge in [0.05, 0.1) is 12.6 Å². The van der Waals surface area contributed by atoms with Crippen LogP contribution >= 0.6 is 0 Å². The Labute approximate surface area is 108 Å². The number of carbonyl (C=O) groups excluding carboxylic acids is 1. The van der Waals surface area contributed by atoms with Crippen LogP contribution in [-0.2, 0) is 4.74 Å². The van der Waals surface area contributed by atoms with Crippen molar-refractivity contribution in [1.29, 1.82) is 0 Å². The third-order valence-corrected chi connectivity index (χ3v) is 4.70. The molecule has 0 aromatic heterocycles. The van der Waals surface area contributed by atoms with Gasteiger partial charge in [-0.1, -0.05) is 6.42 Å². The average molecular weight is 253 g/mol. The van der Waals surface area contributed by atoms with Gasteiger partial charge in [-0.15, -0.1) is 0 Å². The van der Waals surface area contributed by atoms with Crippen molar-refractivity contribution in [2.45, 2.75) is 37.8 Å². The van der Waals surface area contributed by atoms with Crippen molar-refractivity contribution in [3.05, 3.63) is 0 Å². The lowest BCUT2D eigenvalue weighted by Gasteiger charge is -2.29. The first kappa shape index (κ1) is 12.2. The molecular weight excluding hydrogens is 230 g/mol. The first-order valence-electron chi connectivity index (χ1n) is 7.13. The van der Waals surface area contributed by atoms with Crippen molar-refractivity contribution in [3.63, 3.8) is 0 Å². The van der Waals surface area contributed by atoms with Crippen LogP contribution in [0.5, 0.6) is 0 Å². The molecule has 2 saturated heterocycles. The number of rotatable bonds is 1. The smallest absolute Gasteiger partial charge is 0.317 e. The number of fused-ring (bicyclic) bond motifs is 1. The Hall–Kier alpha value is -0.810. The third kappa shape index (κ3) is 2.34. The molecule has 0 radical (unpaired) electrons. The predicted octanol–water partition coefficient (Wildman–Crippen LogP) is 0.544. The van der Waals surface area contributed by atoms with E-state index < -0.39 is 0 Å². The highest BCUT2D eigenvalue weighted by Crippen LogP contribution is 2.35. The Morgan fingerprint density at radius 1 is 1.28 bits per heavy atom. The molecule has 3 rings (SSSR count). The number of hydrogen-bond acceptors (Lipinski definition) is 3. The summed E-state index contributed by atoms with van der Waals surface area (Å²) in [6.45, 7) is 3.15. The topological polar surface area (TPSA) is 67.6 Å². The summed E-state index contributed by atoms with van der Waals surface area (Å²) in [7, 11) is 0. The predicted molar refractivity (Wildman–Crippen MR) is 68.1 cm³/mol. The second-order valence-electron chi connectivity index (χ2n) is 5.93. The number of ether oxygens (including phenoxy) is 1. The molecule has 3 aliphatic rings. The van der Waals surface area contributed by atoms with Gasteiger partial charge < -0.3 is 20.7 Å². The lowest BCUT2D eigenvalue weighted by atomic mass is 9.78. The lowest BCUT2D eigenvalue weighted by Crippen LogP contribution is -2.44. The Balaban J connectivity index is 1.55. The molecule has 3 N–H and O–H groups in total. The van der Waals surface area contributed by atoms with Gasteiger partial charge in [-0.25, -0.2) is 4.79 Å². The van der Waals surface area contributed by atoms with Crippen molar-refractivity contribution < 1.29 is 9.53 Å². The second kappa shape index (κ2) is 5.05. The van der Waals surface area contributed by atoms with Crippen LogP contribution in [0.1, 0.15) is 25.7 Å². The Morgan fingerprint density at radius 3 is 2.89 bits per heavy atom. The molecule has 5 heteroatoms. The van der Waals surface area contributed by atoms with Crippen LogP contribution in [0.3, 0.4) is 0 Å². The standard InChI is InChI=1S/C13H23N3O2/c14-12-3-1-2-9-6-16(7-11(9)12)13(17)15-10-4-5-18-8-10/h9-12H,1-8,14H2,(H,15,17). The zero-order valence-corrected chi connectivity index (χ0v) is 10.8. The fraction of sp³-hybridized carbons (Fsp3) is 0.923. The molecule has 5 nitrogen and oxygen atoms in total. The molecule has 4 atom stereocenters. The number of hydrogen-bond donors (Lipinski definition) is 2. The van der Waals surface area contributed by atoms with Crippen molar-refractivity contribution >= 4 is 6.03 Å². The minimum absolute atomic E-state index is 0.0760. The second-order valence-corrected chi connectivity index (χ2v) is 5.93. The zero-order valence-electron chi connectivity index (χ0n) is 10.8. The Morgan fingerprint density at radius 2 is 2.17 bits per heavy atom. The molecule has 0 spiro atoms. The van der Waals surface area contributed by atoms with Crippen molar-refractivity contribution in [1.82, 2.24) is 10.2 Å². The van der Waals surface area contributed by atoms with Gasteiger partial charge in [0, 0.05) is 25.7 Å². The highest BCUT2D eigenvalue weighted by atomic mass is 16.5. The van der Waals surface area contributed by atoms with E-state index in [4.69, 9.17) is 10.5 Å². The molecule has 2 aliphatic heterocycles. The van der Waals surface area contributed by atoms with Crippen LogP contribution in [0.4, 0.5) is 4.79 Å². The SMILES string of the molecule is NC1CCCC2CN(C(=O)NC3CCOC3)CC12. The van der Waals surface area contributed by atoms with Crippen LogP contribution in [0.25, 0.3) is 0 Å². The van der Waals surface area contributed by atoms with E-state index in [1.165, 1.54) is 12.8 Å². The van der Waals surface area contributed by atoms with Crippen LogP contribution in [0.2, 0.25) is 0 Å². The molecule has 4 unspecified atom stereocenters. The Bertz CT molecular complexity index is 317. The summed E-state index contributed by atoms with van der Waals surface area (Å²) in [5, 5.41) is 3.07. The van der Waals surface area contributed by atoms with E-state index in [0.29, 0.717) is 18.4 Å². The van der Waals surface area contributed by atoms with E-state index in [0.717, 1.165) is 32.5 Å². The van der Waals surface area contributed by atoms with Gasteiger partial charge in [0.2, 0.25) is 0 Å². The first-order valence-corrected chi connectivity index (χ1v) is 7.13. The molecule has 2 heterocycles. The molecule has 0 aromatic rings. The van der Waals surface area contributed by atoms with Crippen LogP contribution in [0, 0.1) is 11.8 Å². The Kier molecular flexibility index (Phi) is 3.43. The summed E-state index contributed by atoms with van der Waals surface area (Å²) < 4.78 is 5.28. The minimum Gasteiger partial charge on any atom is -0.379 e. The van der Waals surface area contributed by atoms with Gasteiger partial charge in [-0.3, -0.25) is 0 Å². The largest absolute Gasteiger partial charge is 0.379 e. The van der Waals surface area contributed by atoms with Crippen LogP contribution < -0.4 is 11.1 Å². The maximum Gasteiger partial charge on any atom is 0.317 e. The van der Waals surface area contributed by atoms with Crippen molar-refractivity contribution in [2.75, 3.05) is 26.3 Å². The molecule has 2 amide bonds. The molecule has 102 valence electrons. The molecular formula is C13H23N3O2. The summed E-state index contributed by atoms with van der Waals surface area (Å²) in [6.07, 6.45) is 4.50. The summed E-state index contributed by atoms with van der Waals surface area (Å²) in [6, 6.07) is 0.567. The van der Waals surface area contributed by atoms with E-state index in [-0.39, 0.29) is 18.1 Å². The number of carbonyl (C=O) groups is 1. The number of nitrogens with one attached hydrogen (secondary N) is 1. The molecule has 1 aliphatic carbocycles. The summed E-state index contributed by atoms with van der Waals surface area (Å²) >= 11 is 0. The third-order valence-electron chi connectivity index (χ3n) is 4.70. The fourth-order valence-electron chi connectivity index (χ4n) is 3.60. The number of urea groups is 1. The molecule has 1 saturated carbocycles. The minimum atomic E-state index is 0.0760. The van der Waals surface area contributed by atoms with E-state index in [1.54, 1.807) is 0 Å². The zero-order chi connectivity index (χ0) is 12.5. The lowest BCUT2D eigenvalue weighted by molar-refractivity contribution is 0.181. The summed E-state index contributed by atoms with van der Waals surface area (Å²) in [5.74, 6) is 1.14. The van der Waals surface area contributed by atoms with Crippen LogP contribution in [-0.4, -0.2) is 49.3 Å². The van der Waals surface area contributed by atoms with Gasteiger partial charge >= 0.3 is 6.03 Å². The van der Waals surface area contributed by atoms with E-state index in [1.807, 2.05) is 4.90 Å². The number of nitrogens with zero attached hydrogens (tertiary/aromatic N) is 1.